The number of carboxylic acids is 1. The van der Waals surface area contributed by atoms with E-state index >= 15 is 0 Å². The van der Waals surface area contributed by atoms with Crippen molar-refractivity contribution in [2.24, 2.45) is 5.92 Å². The summed E-state index contributed by atoms with van der Waals surface area (Å²) in [6, 6.07) is 2.92. The number of rotatable bonds is 7. The molecule has 1 saturated heterocycles. The van der Waals surface area contributed by atoms with Crippen LogP contribution in [-0.2, 0) is 22.9 Å². The number of nitrogens with zero attached hydrogens (tertiary/aromatic N) is 1. The number of hydrogen-bond acceptors (Lipinski definition) is 4. The lowest BCUT2D eigenvalue weighted by Crippen LogP contribution is -2.35. The Morgan fingerprint density at radius 1 is 1.27 bits per heavy atom. The zero-order valence-corrected chi connectivity index (χ0v) is 16.1. The predicted octanol–water partition coefficient (Wildman–Crippen LogP) is 2.27. The average molecular weight is 381 g/mol. The molecule has 2 N–H and O–H groups in total. The summed E-state index contributed by atoms with van der Waals surface area (Å²) < 4.78 is 28.2. The smallest absolute Gasteiger partial charge is 0.335 e. The lowest BCUT2D eigenvalue weighted by molar-refractivity contribution is 0.0696. The number of hydrogen-bond donors (Lipinski definition) is 2. The summed E-state index contributed by atoms with van der Waals surface area (Å²) in [5.74, 6) is -0.302. The highest BCUT2D eigenvalue weighted by atomic mass is 32.2. The maximum atomic E-state index is 12.7. The molecule has 0 bridgehead atoms. The van der Waals surface area contributed by atoms with Gasteiger partial charge in [0.25, 0.3) is 0 Å². The molecule has 144 valence electrons. The molecule has 1 fully saturated rings. The summed E-state index contributed by atoms with van der Waals surface area (Å²) in [5.41, 5.74) is 1.69. The molecule has 26 heavy (non-hydrogen) atoms. The highest BCUT2D eigenvalue weighted by Gasteiger charge is 2.26. The predicted molar refractivity (Wildman–Crippen MR) is 100 cm³/mol. The number of benzene rings is 1. The van der Waals surface area contributed by atoms with Gasteiger partial charge in [-0.15, -0.1) is 0 Å². The van der Waals surface area contributed by atoms with Crippen LogP contribution in [0.15, 0.2) is 17.0 Å². The fourth-order valence-electron chi connectivity index (χ4n) is 3.90. The number of aromatic carboxylic acids is 1. The zero-order valence-electron chi connectivity index (χ0n) is 15.3. The summed E-state index contributed by atoms with van der Waals surface area (Å²) in [7, 11) is -3.69. The molecule has 1 aliphatic carbocycles. The standard InChI is InChI=1S/C19H28N2O4S/c1-14-6-10-21(11-7-14)9-3-8-20-26(24,25)18-13-16(19(22)23)12-15-4-2-5-17(15)18/h12-14,20H,2-11H2,1H3,(H,22,23). The van der Waals surface area contributed by atoms with Crippen molar-refractivity contribution in [2.45, 2.75) is 50.3 Å². The van der Waals surface area contributed by atoms with E-state index in [9.17, 15) is 18.3 Å². The normalized spacial score (nSPS) is 18.8. The molecule has 0 spiro atoms. The molecule has 1 aromatic rings. The molecule has 1 aliphatic heterocycles. The van der Waals surface area contributed by atoms with Crippen LogP contribution < -0.4 is 4.72 Å². The summed E-state index contributed by atoms with van der Waals surface area (Å²) >= 11 is 0. The van der Waals surface area contributed by atoms with Crippen molar-refractivity contribution in [3.8, 4) is 0 Å². The number of carboxylic acid groups (broad SMARTS) is 1. The SMILES string of the molecule is CC1CCN(CCCNS(=O)(=O)c2cc(C(=O)O)cc3c2CCC3)CC1. The summed E-state index contributed by atoms with van der Waals surface area (Å²) in [6.07, 6.45) is 5.48. The minimum absolute atomic E-state index is 0.0495. The van der Waals surface area contributed by atoms with E-state index in [1.165, 1.54) is 18.9 Å². The number of nitrogens with one attached hydrogen (secondary N) is 1. The molecule has 0 amide bonds. The van der Waals surface area contributed by atoms with Gasteiger partial charge in [0.2, 0.25) is 10.0 Å². The second-order valence-corrected chi connectivity index (χ2v) is 9.28. The van der Waals surface area contributed by atoms with Crippen molar-refractivity contribution < 1.29 is 18.3 Å². The van der Waals surface area contributed by atoms with E-state index in [4.69, 9.17) is 0 Å². The number of fused-ring (bicyclic) bond motifs is 1. The van der Waals surface area contributed by atoms with Crippen LogP contribution >= 0.6 is 0 Å². The van der Waals surface area contributed by atoms with E-state index in [-0.39, 0.29) is 10.5 Å². The molecule has 0 unspecified atom stereocenters. The Morgan fingerprint density at radius 3 is 2.69 bits per heavy atom. The van der Waals surface area contributed by atoms with E-state index in [1.54, 1.807) is 6.07 Å². The third-order valence-corrected chi connectivity index (χ3v) is 7.06. The van der Waals surface area contributed by atoms with Gasteiger partial charge in [-0.05, 0) is 87.3 Å². The Balaban J connectivity index is 1.62. The van der Waals surface area contributed by atoms with Gasteiger partial charge in [0, 0.05) is 6.54 Å². The summed E-state index contributed by atoms with van der Waals surface area (Å²) in [6.45, 7) is 5.71. The van der Waals surface area contributed by atoms with Crippen molar-refractivity contribution in [1.82, 2.24) is 9.62 Å². The van der Waals surface area contributed by atoms with E-state index in [1.807, 2.05) is 0 Å². The molecule has 1 heterocycles. The fourth-order valence-corrected chi connectivity index (χ4v) is 5.31. The summed E-state index contributed by atoms with van der Waals surface area (Å²) in [5, 5.41) is 9.26. The first kappa shape index (κ1) is 19.3. The van der Waals surface area contributed by atoms with Gasteiger partial charge in [0.05, 0.1) is 10.5 Å². The number of aryl methyl sites for hydroxylation is 1. The highest BCUT2D eigenvalue weighted by molar-refractivity contribution is 7.89. The third-order valence-electron chi connectivity index (χ3n) is 5.53. The Hall–Kier alpha value is -1.44. The van der Waals surface area contributed by atoms with Crippen LogP contribution in [0.25, 0.3) is 0 Å². The molecule has 0 atom stereocenters. The van der Waals surface area contributed by atoms with Crippen LogP contribution in [0.5, 0.6) is 0 Å². The van der Waals surface area contributed by atoms with E-state index in [2.05, 4.69) is 16.5 Å². The van der Waals surface area contributed by atoms with Crippen molar-refractivity contribution in [2.75, 3.05) is 26.2 Å². The largest absolute Gasteiger partial charge is 0.478 e. The summed E-state index contributed by atoms with van der Waals surface area (Å²) in [4.78, 5) is 13.9. The van der Waals surface area contributed by atoms with Gasteiger partial charge < -0.3 is 10.0 Å². The topological polar surface area (TPSA) is 86.7 Å². The van der Waals surface area contributed by atoms with Crippen LogP contribution in [0.1, 0.15) is 54.1 Å². The number of sulfonamides is 1. The van der Waals surface area contributed by atoms with Gasteiger partial charge >= 0.3 is 5.97 Å². The first-order valence-electron chi connectivity index (χ1n) is 9.48. The molecule has 1 aromatic carbocycles. The molecule has 6 nitrogen and oxygen atoms in total. The van der Waals surface area contributed by atoms with Gasteiger partial charge in [-0.2, -0.15) is 0 Å². The second kappa shape index (κ2) is 8.06. The van der Waals surface area contributed by atoms with Gasteiger partial charge in [-0.3, -0.25) is 0 Å². The molecule has 7 heteroatoms. The quantitative estimate of drug-likeness (QED) is 0.709. The maximum absolute atomic E-state index is 12.7. The average Bonchev–Trinajstić information content (AvgIpc) is 3.07. The molecular formula is C19H28N2O4S. The number of piperidine rings is 1. The van der Waals surface area contributed by atoms with Gasteiger partial charge in [-0.1, -0.05) is 6.92 Å². The Morgan fingerprint density at radius 2 is 2.00 bits per heavy atom. The van der Waals surface area contributed by atoms with Gasteiger partial charge in [-0.25, -0.2) is 17.9 Å². The first-order chi connectivity index (χ1) is 12.4. The lowest BCUT2D eigenvalue weighted by Gasteiger charge is -2.30. The monoisotopic (exact) mass is 380 g/mol. The van der Waals surface area contributed by atoms with E-state index in [0.29, 0.717) is 13.0 Å². The molecule has 3 rings (SSSR count). The van der Waals surface area contributed by atoms with Crippen molar-refractivity contribution >= 4 is 16.0 Å². The Bertz CT molecular complexity index is 768. The molecule has 0 saturated carbocycles. The minimum Gasteiger partial charge on any atom is -0.478 e. The third kappa shape index (κ3) is 4.45. The number of carbonyl (C=O) groups is 1. The van der Waals surface area contributed by atoms with E-state index in [0.717, 1.165) is 55.9 Å². The van der Waals surface area contributed by atoms with Crippen LogP contribution in [0, 0.1) is 5.92 Å². The maximum Gasteiger partial charge on any atom is 0.335 e. The molecule has 2 aliphatic rings. The highest BCUT2D eigenvalue weighted by Crippen LogP contribution is 2.30. The molecule has 0 radical (unpaired) electrons. The van der Waals surface area contributed by atoms with Crippen molar-refractivity contribution in [3.05, 3.63) is 28.8 Å². The Labute approximate surface area is 155 Å². The first-order valence-corrected chi connectivity index (χ1v) is 11.0. The van der Waals surface area contributed by atoms with Crippen molar-refractivity contribution in [1.29, 1.82) is 0 Å². The van der Waals surface area contributed by atoms with E-state index < -0.39 is 16.0 Å². The molecule has 0 aromatic heterocycles. The van der Waals surface area contributed by atoms with Crippen LogP contribution in [-0.4, -0.2) is 50.6 Å². The molecular weight excluding hydrogens is 352 g/mol. The zero-order chi connectivity index (χ0) is 18.7. The Kier molecular flexibility index (Phi) is 5.99. The fraction of sp³-hybridized carbons (Fsp3) is 0.632. The van der Waals surface area contributed by atoms with Crippen LogP contribution in [0.4, 0.5) is 0 Å². The second-order valence-electron chi connectivity index (χ2n) is 7.55. The van der Waals surface area contributed by atoms with Crippen molar-refractivity contribution in [3.63, 3.8) is 0 Å². The lowest BCUT2D eigenvalue weighted by atomic mass is 9.99. The van der Waals surface area contributed by atoms with Gasteiger partial charge in [0.1, 0.15) is 0 Å². The minimum atomic E-state index is -3.69. The van der Waals surface area contributed by atoms with Crippen LogP contribution in [0.3, 0.4) is 0 Å². The number of likely N-dealkylation sites (tertiary alicyclic amines) is 1. The van der Waals surface area contributed by atoms with Gasteiger partial charge in [0.15, 0.2) is 0 Å². The van der Waals surface area contributed by atoms with Crippen LogP contribution in [0.2, 0.25) is 0 Å².